The molecule has 0 radical (unpaired) electrons. The van der Waals surface area contributed by atoms with E-state index in [1.54, 1.807) is 6.20 Å². The number of pyridine rings is 1. The number of nitrogens with one attached hydrogen (secondary N) is 1. The van der Waals surface area contributed by atoms with E-state index in [4.69, 9.17) is 5.73 Å². The summed E-state index contributed by atoms with van der Waals surface area (Å²) in [6.45, 7) is 2.11. The van der Waals surface area contributed by atoms with Crippen molar-refractivity contribution in [2.24, 2.45) is 0 Å². The van der Waals surface area contributed by atoms with Crippen LogP contribution in [0.4, 0.5) is 11.5 Å². The number of rotatable bonds is 2. The van der Waals surface area contributed by atoms with Crippen molar-refractivity contribution in [3.63, 3.8) is 0 Å². The highest BCUT2D eigenvalue weighted by Gasteiger charge is 2.21. The molecule has 1 aliphatic rings. The van der Waals surface area contributed by atoms with Crippen molar-refractivity contribution in [2.45, 2.75) is 12.5 Å². The SMILES string of the molecule is CN[C@@H]1CCN(c2ccc(N)cn2)C1. The second-order valence-electron chi connectivity index (χ2n) is 3.67. The fourth-order valence-corrected chi connectivity index (χ4v) is 1.79. The smallest absolute Gasteiger partial charge is 0.128 e. The summed E-state index contributed by atoms with van der Waals surface area (Å²) in [7, 11) is 2.00. The molecule has 4 nitrogen and oxygen atoms in total. The number of hydrogen-bond donors (Lipinski definition) is 2. The number of nitrogens with zero attached hydrogens (tertiary/aromatic N) is 2. The number of likely N-dealkylation sites (N-methyl/N-ethyl adjacent to an activating group) is 1. The third-order valence-corrected chi connectivity index (χ3v) is 2.69. The molecule has 0 aromatic carbocycles. The first-order valence-electron chi connectivity index (χ1n) is 4.93. The second kappa shape index (κ2) is 3.84. The minimum atomic E-state index is 0.592. The van der Waals surface area contributed by atoms with E-state index in [2.05, 4.69) is 15.2 Å². The van der Waals surface area contributed by atoms with Crippen LogP contribution in [0.5, 0.6) is 0 Å². The van der Waals surface area contributed by atoms with Crippen molar-refractivity contribution >= 4 is 11.5 Å². The first-order chi connectivity index (χ1) is 6.79. The van der Waals surface area contributed by atoms with Crippen molar-refractivity contribution in [2.75, 3.05) is 30.8 Å². The molecule has 1 aliphatic heterocycles. The molecular formula is C10H16N4. The van der Waals surface area contributed by atoms with Crippen LogP contribution in [0, 0.1) is 0 Å². The van der Waals surface area contributed by atoms with E-state index in [-0.39, 0.29) is 0 Å². The van der Waals surface area contributed by atoms with Gasteiger partial charge in [0, 0.05) is 19.1 Å². The van der Waals surface area contributed by atoms with Crippen molar-refractivity contribution in [3.8, 4) is 0 Å². The molecule has 4 heteroatoms. The molecule has 1 saturated heterocycles. The average molecular weight is 192 g/mol. The molecule has 1 atom stereocenters. The van der Waals surface area contributed by atoms with Crippen molar-refractivity contribution < 1.29 is 0 Å². The monoisotopic (exact) mass is 192 g/mol. The maximum Gasteiger partial charge on any atom is 0.128 e. The Labute approximate surface area is 84.1 Å². The molecule has 76 valence electrons. The molecule has 2 rings (SSSR count). The van der Waals surface area contributed by atoms with E-state index < -0.39 is 0 Å². The predicted octanol–water partition coefficient (Wildman–Crippen LogP) is 0.462. The van der Waals surface area contributed by atoms with Gasteiger partial charge in [-0.2, -0.15) is 0 Å². The summed E-state index contributed by atoms with van der Waals surface area (Å²) >= 11 is 0. The Morgan fingerprint density at radius 2 is 2.43 bits per heavy atom. The molecule has 0 saturated carbocycles. The molecule has 1 aromatic heterocycles. The Morgan fingerprint density at radius 3 is 3.00 bits per heavy atom. The van der Waals surface area contributed by atoms with Gasteiger partial charge in [0.25, 0.3) is 0 Å². The number of aromatic nitrogens is 1. The Bertz CT molecular complexity index is 295. The lowest BCUT2D eigenvalue weighted by molar-refractivity contribution is 0.616. The predicted molar refractivity (Wildman–Crippen MR) is 58.3 cm³/mol. The molecule has 14 heavy (non-hydrogen) atoms. The third kappa shape index (κ3) is 1.80. The highest BCUT2D eigenvalue weighted by Crippen LogP contribution is 2.18. The van der Waals surface area contributed by atoms with Gasteiger partial charge in [-0.1, -0.05) is 0 Å². The molecule has 2 heterocycles. The maximum atomic E-state index is 5.59. The number of anilines is 2. The average Bonchev–Trinajstić information content (AvgIpc) is 2.67. The summed E-state index contributed by atoms with van der Waals surface area (Å²) < 4.78 is 0. The first kappa shape index (κ1) is 9.27. The minimum absolute atomic E-state index is 0.592. The van der Waals surface area contributed by atoms with Crippen LogP contribution >= 0.6 is 0 Å². The van der Waals surface area contributed by atoms with Crippen LogP contribution in [0.1, 0.15) is 6.42 Å². The Morgan fingerprint density at radius 1 is 1.57 bits per heavy atom. The third-order valence-electron chi connectivity index (χ3n) is 2.69. The van der Waals surface area contributed by atoms with Crippen LogP contribution in [-0.4, -0.2) is 31.2 Å². The fraction of sp³-hybridized carbons (Fsp3) is 0.500. The molecule has 1 aromatic rings. The first-order valence-corrected chi connectivity index (χ1v) is 4.93. The molecule has 3 N–H and O–H groups in total. The van der Waals surface area contributed by atoms with E-state index in [1.807, 2.05) is 19.2 Å². The molecule has 0 unspecified atom stereocenters. The van der Waals surface area contributed by atoms with Gasteiger partial charge in [0.1, 0.15) is 5.82 Å². The zero-order valence-electron chi connectivity index (χ0n) is 8.40. The Balaban J connectivity index is 2.06. The summed E-state index contributed by atoms with van der Waals surface area (Å²) in [6, 6.07) is 4.47. The standard InChI is InChI=1S/C10H16N4/c1-12-9-4-5-14(7-9)10-3-2-8(11)6-13-10/h2-3,6,9,12H,4-5,7,11H2,1H3/t9-/m1/s1. The highest BCUT2D eigenvalue weighted by atomic mass is 15.2. The zero-order chi connectivity index (χ0) is 9.97. The second-order valence-corrected chi connectivity index (χ2v) is 3.67. The van der Waals surface area contributed by atoms with E-state index in [1.165, 1.54) is 6.42 Å². The molecule has 0 bridgehead atoms. The summed E-state index contributed by atoms with van der Waals surface area (Å²) in [5.74, 6) is 1.02. The summed E-state index contributed by atoms with van der Waals surface area (Å²) in [5, 5.41) is 3.28. The van der Waals surface area contributed by atoms with Gasteiger partial charge in [0.05, 0.1) is 11.9 Å². The summed E-state index contributed by atoms with van der Waals surface area (Å²) in [4.78, 5) is 6.58. The quantitative estimate of drug-likeness (QED) is 0.715. The molecule has 1 fully saturated rings. The highest BCUT2D eigenvalue weighted by molar-refractivity contribution is 5.46. The van der Waals surface area contributed by atoms with Crippen LogP contribution in [0.3, 0.4) is 0 Å². The molecular weight excluding hydrogens is 176 g/mol. The van der Waals surface area contributed by atoms with Crippen LogP contribution in [0.2, 0.25) is 0 Å². The van der Waals surface area contributed by atoms with Gasteiger partial charge >= 0.3 is 0 Å². The van der Waals surface area contributed by atoms with Crippen LogP contribution in [-0.2, 0) is 0 Å². The van der Waals surface area contributed by atoms with Gasteiger partial charge in [0.15, 0.2) is 0 Å². The van der Waals surface area contributed by atoms with Gasteiger partial charge in [-0.05, 0) is 25.6 Å². The van der Waals surface area contributed by atoms with Crippen molar-refractivity contribution in [1.29, 1.82) is 0 Å². The number of nitrogens with two attached hydrogens (primary N) is 1. The lowest BCUT2D eigenvalue weighted by atomic mass is 10.3. The zero-order valence-corrected chi connectivity index (χ0v) is 8.40. The van der Waals surface area contributed by atoms with E-state index in [0.29, 0.717) is 6.04 Å². The summed E-state index contributed by atoms with van der Waals surface area (Å²) in [6.07, 6.45) is 2.89. The Hall–Kier alpha value is -1.29. The van der Waals surface area contributed by atoms with Gasteiger partial charge in [-0.15, -0.1) is 0 Å². The van der Waals surface area contributed by atoms with E-state index in [0.717, 1.165) is 24.6 Å². The molecule has 0 aliphatic carbocycles. The van der Waals surface area contributed by atoms with Crippen LogP contribution in [0.15, 0.2) is 18.3 Å². The van der Waals surface area contributed by atoms with Crippen LogP contribution < -0.4 is 16.0 Å². The number of hydrogen-bond acceptors (Lipinski definition) is 4. The Kier molecular flexibility index (Phi) is 2.54. The normalized spacial score (nSPS) is 21.5. The number of nitrogen functional groups attached to an aromatic ring is 1. The molecule has 0 spiro atoms. The van der Waals surface area contributed by atoms with Gasteiger partial charge in [-0.25, -0.2) is 4.98 Å². The van der Waals surface area contributed by atoms with Gasteiger partial charge in [-0.3, -0.25) is 0 Å². The van der Waals surface area contributed by atoms with E-state index in [9.17, 15) is 0 Å². The topological polar surface area (TPSA) is 54.2 Å². The van der Waals surface area contributed by atoms with Gasteiger partial charge in [0.2, 0.25) is 0 Å². The lowest BCUT2D eigenvalue weighted by Gasteiger charge is -2.17. The van der Waals surface area contributed by atoms with Crippen LogP contribution in [0.25, 0.3) is 0 Å². The minimum Gasteiger partial charge on any atom is -0.397 e. The largest absolute Gasteiger partial charge is 0.397 e. The maximum absolute atomic E-state index is 5.59. The molecule has 0 amide bonds. The van der Waals surface area contributed by atoms with Crippen molar-refractivity contribution in [3.05, 3.63) is 18.3 Å². The van der Waals surface area contributed by atoms with Crippen molar-refractivity contribution in [1.82, 2.24) is 10.3 Å². The fourth-order valence-electron chi connectivity index (χ4n) is 1.79. The van der Waals surface area contributed by atoms with Gasteiger partial charge < -0.3 is 16.0 Å². The lowest BCUT2D eigenvalue weighted by Crippen LogP contribution is -2.29. The van der Waals surface area contributed by atoms with E-state index >= 15 is 0 Å². The summed E-state index contributed by atoms with van der Waals surface area (Å²) in [5.41, 5.74) is 6.31.